The van der Waals surface area contributed by atoms with Crippen LogP contribution in [0.3, 0.4) is 0 Å². The lowest BCUT2D eigenvalue weighted by atomic mass is 9.86. The van der Waals surface area contributed by atoms with Gasteiger partial charge >= 0.3 is 5.97 Å². The van der Waals surface area contributed by atoms with Crippen LogP contribution in [-0.4, -0.2) is 54.0 Å². The molecule has 8 nitrogen and oxygen atoms in total. The molecular formula is C13H17BN2O6. The van der Waals surface area contributed by atoms with E-state index < -0.39 is 23.6 Å². The highest BCUT2D eigenvalue weighted by Crippen LogP contribution is 2.24. The Morgan fingerprint density at radius 1 is 1.18 bits per heavy atom. The Labute approximate surface area is 128 Å². The number of hydrogen-bond acceptors (Lipinski definition) is 6. The Hall–Kier alpha value is -2.19. The van der Waals surface area contributed by atoms with Gasteiger partial charge in [-0.25, -0.2) is 4.79 Å². The Morgan fingerprint density at radius 2 is 1.86 bits per heavy atom. The lowest BCUT2D eigenvalue weighted by Gasteiger charge is -2.16. The van der Waals surface area contributed by atoms with Crippen LogP contribution in [0.4, 0.5) is 0 Å². The van der Waals surface area contributed by atoms with E-state index >= 15 is 0 Å². The second kappa shape index (κ2) is 6.29. The highest BCUT2D eigenvalue weighted by atomic mass is 16.7. The topological polar surface area (TPSA) is 101 Å². The van der Waals surface area contributed by atoms with E-state index in [0.29, 0.717) is 11.5 Å². The fourth-order valence-electron chi connectivity index (χ4n) is 2.51. The van der Waals surface area contributed by atoms with Crippen molar-refractivity contribution in [2.45, 2.75) is 38.4 Å². The summed E-state index contributed by atoms with van der Waals surface area (Å²) in [5.41, 5.74) is 0. The quantitative estimate of drug-likeness (QED) is 0.467. The molecule has 2 rings (SSSR count). The first-order chi connectivity index (χ1) is 10.3. The van der Waals surface area contributed by atoms with Crippen molar-refractivity contribution < 1.29 is 28.8 Å². The zero-order valence-electron chi connectivity index (χ0n) is 12.5. The van der Waals surface area contributed by atoms with Gasteiger partial charge < -0.3 is 4.84 Å². The number of rotatable bonds is 5. The van der Waals surface area contributed by atoms with Crippen molar-refractivity contribution in [2.24, 2.45) is 5.92 Å². The minimum atomic E-state index is -0.823. The summed E-state index contributed by atoms with van der Waals surface area (Å²) in [6.07, 6.45) is 0.484. The summed E-state index contributed by atoms with van der Waals surface area (Å²) in [6, 6.07) is 0. The number of carbonyl (C=O) groups excluding carboxylic acids is 5. The molecule has 22 heavy (non-hydrogen) atoms. The second-order valence-electron chi connectivity index (χ2n) is 5.54. The maximum Gasteiger partial charge on any atom is 0.335 e. The van der Waals surface area contributed by atoms with Crippen molar-refractivity contribution >= 4 is 37.4 Å². The fraction of sp³-hybridized carbons (Fsp3) is 0.615. The van der Waals surface area contributed by atoms with Crippen LogP contribution in [0.25, 0.3) is 0 Å². The van der Waals surface area contributed by atoms with E-state index in [1.165, 1.54) is 0 Å². The van der Waals surface area contributed by atoms with Gasteiger partial charge in [-0.05, 0) is 6.42 Å². The van der Waals surface area contributed by atoms with Crippen LogP contribution in [0, 0.1) is 5.92 Å². The van der Waals surface area contributed by atoms with Crippen LogP contribution in [0.2, 0.25) is 5.82 Å². The molecule has 0 spiro atoms. The molecule has 9 heteroatoms. The lowest BCUT2D eigenvalue weighted by molar-refractivity contribution is -0.197. The molecule has 0 aromatic carbocycles. The Bertz CT molecular complexity index is 549. The van der Waals surface area contributed by atoms with E-state index in [-0.39, 0.29) is 43.5 Å². The van der Waals surface area contributed by atoms with Crippen molar-refractivity contribution in [3.63, 3.8) is 0 Å². The SMILES string of the molecule is BC1CC(=O)N(OC(=O)CCN2C(=O)CC(CC)C2=O)C1=O. The third kappa shape index (κ3) is 3.02. The number of nitrogens with zero attached hydrogens (tertiary/aromatic N) is 2. The van der Waals surface area contributed by atoms with Crippen molar-refractivity contribution in [1.82, 2.24) is 9.96 Å². The van der Waals surface area contributed by atoms with Crippen LogP contribution < -0.4 is 0 Å². The van der Waals surface area contributed by atoms with E-state index in [1.807, 2.05) is 6.92 Å². The molecular weight excluding hydrogens is 291 g/mol. The standard InChI is InChI=1S/C13H17BN2O6/c1-2-7-5-9(17)15(12(7)20)4-3-11(19)22-16-10(18)6-8(14)13(16)21/h7-8H,2-6,14H2,1H3. The Balaban J connectivity index is 1.86. The molecule has 0 N–H and O–H groups in total. The molecule has 2 unspecified atom stereocenters. The van der Waals surface area contributed by atoms with E-state index in [9.17, 15) is 24.0 Å². The third-order valence-electron chi connectivity index (χ3n) is 3.89. The summed E-state index contributed by atoms with van der Waals surface area (Å²) in [5.74, 6) is -3.38. The summed E-state index contributed by atoms with van der Waals surface area (Å²) in [7, 11) is 1.57. The van der Waals surface area contributed by atoms with Gasteiger partial charge in [0, 0.05) is 31.1 Å². The average Bonchev–Trinajstić information content (AvgIpc) is 2.87. The Morgan fingerprint density at radius 3 is 2.36 bits per heavy atom. The summed E-state index contributed by atoms with van der Waals surface area (Å²) in [5, 5.41) is 0.468. The monoisotopic (exact) mass is 308 g/mol. The van der Waals surface area contributed by atoms with E-state index in [4.69, 9.17) is 4.84 Å². The maximum atomic E-state index is 11.9. The molecule has 4 amide bonds. The molecule has 0 bridgehead atoms. The van der Waals surface area contributed by atoms with Gasteiger partial charge in [-0.3, -0.25) is 24.1 Å². The molecule has 2 saturated heterocycles. The number of likely N-dealkylation sites (tertiary alicyclic amines) is 1. The van der Waals surface area contributed by atoms with Crippen molar-refractivity contribution in [3.8, 4) is 0 Å². The van der Waals surface area contributed by atoms with Gasteiger partial charge in [-0.2, -0.15) is 0 Å². The summed E-state index contributed by atoms with van der Waals surface area (Å²) in [6.45, 7) is 1.72. The van der Waals surface area contributed by atoms with E-state index in [2.05, 4.69) is 0 Å². The molecule has 118 valence electrons. The molecule has 2 heterocycles. The first-order valence-electron chi connectivity index (χ1n) is 7.27. The minimum Gasteiger partial charge on any atom is -0.330 e. The van der Waals surface area contributed by atoms with Crippen LogP contribution in [-0.2, 0) is 28.8 Å². The summed E-state index contributed by atoms with van der Waals surface area (Å²) >= 11 is 0. The summed E-state index contributed by atoms with van der Waals surface area (Å²) < 4.78 is 0. The molecule has 2 aliphatic heterocycles. The van der Waals surface area contributed by atoms with E-state index in [0.717, 1.165) is 4.90 Å². The van der Waals surface area contributed by atoms with Crippen molar-refractivity contribution in [1.29, 1.82) is 0 Å². The number of imide groups is 2. The zero-order valence-corrected chi connectivity index (χ0v) is 12.5. The average molecular weight is 308 g/mol. The molecule has 0 aromatic rings. The van der Waals surface area contributed by atoms with Gasteiger partial charge in [0.15, 0.2) is 0 Å². The molecule has 0 aliphatic carbocycles. The first-order valence-corrected chi connectivity index (χ1v) is 7.27. The van der Waals surface area contributed by atoms with Crippen LogP contribution in [0.1, 0.15) is 32.6 Å². The molecule has 2 fully saturated rings. The largest absolute Gasteiger partial charge is 0.335 e. The van der Waals surface area contributed by atoms with Crippen molar-refractivity contribution in [2.75, 3.05) is 6.54 Å². The molecule has 0 radical (unpaired) electrons. The molecule has 0 saturated carbocycles. The van der Waals surface area contributed by atoms with Crippen LogP contribution in [0.15, 0.2) is 0 Å². The number of hydrogen-bond donors (Lipinski definition) is 0. The van der Waals surface area contributed by atoms with E-state index in [1.54, 1.807) is 7.85 Å². The van der Waals surface area contributed by atoms with Gasteiger partial charge in [0.05, 0.1) is 6.42 Å². The maximum absolute atomic E-state index is 11.9. The highest BCUT2D eigenvalue weighted by molar-refractivity contribution is 6.29. The first kappa shape index (κ1) is 16.2. The lowest BCUT2D eigenvalue weighted by Crippen LogP contribution is -2.36. The van der Waals surface area contributed by atoms with Crippen molar-refractivity contribution in [3.05, 3.63) is 0 Å². The molecule has 2 atom stereocenters. The number of carbonyl (C=O) groups is 5. The Kier molecular flexibility index (Phi) is 4.63. The second-order valence-corrected chi connectivity index (χ2v) is 5.54. The fourth-order valence-corrected chi connectivity index (χ4v) is 2.51. The molecule has 2 aliphatic rings. The predicted octanol–water partition coefficient (Wildman–Crippen LogP) is -1.20. The predicted molar refractivity (Wildman–Crippen MR) is 74.6 cm³/mol. The van der Waals surface area contributed by atoms with Gasteiger partial charge in [0.25, 0.3) is 11.8 Å². The van der Waals surface area contributed by atoms with Gasteiger partial charge in [-0.1, -0.05) is 6.92 Å². The number of hydroxylamine groups is 2. The van der Waals surface area contributed by atoms with Crippen LogP contribution >= 0.6 is 0 Å². The minimum absolute atomic E-state index is 0.00733. The molecule has 0 aromatic heterocycles. The van der Waals surface area contributed by atoms with Crippen LogP contribution in [0.5, 0.6) is 0 Å². The third-order valence-corrected chi connectivity index (χ3v) is 3.89. The van der Waals surface area contributed by atoms with Gasteiger partial charge in [0.1, 0.15) is 7.85 Å². The number of amides is 4. The normalized spacial score (nSPS) is 25.3. The smallest absolute Gasteiger partial charge is 0.330 e. The van der Waals surface area contributed by atoms with Gasteiger partial charge in [0.2, 0.25) is 11.8 Å². The highest BCUT2D eigenvalue weighted by Gasteiger charge is 2.40. The zero-order chi connectivity index (χ0) is 16.4. The summed E-state index contributed by atoms with van der Waals surface area (Å²) in [4.78, 5) is 64.1. The van der Waals surface area contributed by atoms with Gasteiger partial charge in [-0.15, -0.1) is 5.06 Å².